The number of nitrogens with one attached hydrogen (secondary N) is 1. The molecule has 3 aromatic carbocycles. The number of nitrogens with zero attached hydrogens (tertiary/aromatic N) is 4. The maximum absolute atomic E-state index is 14.3. The minimum absolute atomic E-state index is 0.0731. The van der Waals surface area contributed by atoms with Crippen LogP contribution < -0.4 is 4.74 Å². The van der Waals surface area contributed by atoms with Gasteiger partial charge in [0.15, 0.2) is 6.29 Å². The highest BCUT2D eigenvalue weighted by Crippen LogP contribution is 2.31. The summed E-state index contributed by atoms with van der Waals surface area (Å²) in [4.78, 5) is 9.59. The number of pyridine rings is 1. The average Bonchev–Trinajstić information content (AvgIpc) is 3.68. The molecule has 44 heavy (non-hydrogen) atoms. The van der Waals surface area contributed by atoms with Crippen molar-refractivity contribution >= 4 is 11.0 Å². The van der Waals surface area contributed by atoms with Gasteiger partial charge in [0.05, 0.1) is 29.0 Å². The number of imidazole rings is 1. The zero-order valence-corrected chi connectivity index (χ0v) is 24.4. The molecule has 0 spiro atoms. The number of hydrogen-bond donors (Lipinski definition) is 3. The van der Waals surface area contributed by atoms with Crippen molar-refractivity contribution in [3.8, 4) is 28.4 Å². The normalized spacial score (nSPS) is 11.5. The second kappa shape index (κ2) is 12.8. The van der Waals surface area contributed by atoms with Crippen molar-refractivity contribution in [2.75, 3.05) is 13.7 Å². The largest absolute Gasteiger partial charge is 0.473 e. The predicted molar refractivity (Wildman–Crippen MR) is 164 cm³/mol. The Morgan fingerprint density at radius 1 is 0.955 bits per heavy atom. The molecule has 10 heteroatoms. The Kier molecular flexibility index (Phi) is 8.47. The number of aromatic nitrogens is 5. The van der Waals surface area contributed by atoms with E-state index in [4.69, 9.17) is 19.4 Å². The summed E-state index contributed by atoms with van der Waals surface area (Å²) in [5, 5.41) is 26.7. The lowest BCUT2D eigenvalue weighted by atomic mass is 9.97. The maximum Gasteiger partial charge on any atom is 0.214 e. The van der Waals surface area contributed by atoms with Crippen LogP contribution in [0.2, 0.25) is 0 Å². The summed E-state index contributed by atoms with van der Waals surface area (Å²) in [6, 6.07) is 23.8. The Labute approximate surface area is 253 Å². The molecule has 0 radical (unpaired) electrons. The number of rotatable bonds is 11. The molecule has 0 saturated heterocycles. The lowest BCUT2D eigenvalue weighted by Crippen LogP contribution is -2.09. The van der Waals surface area contributed by atoms with Crippen LogP contribution >= 0.6 is 0 Å². The van der Waals surface area contributed by atoms with Crippen LogP contribution in [0.15, 0.2) is 85.1 Å². The summed E-state index contributed by atoms with van der Waals surface area (Å²) >= 11 is 0. The van der Waals surface area contributed by atoms with Gasteiger partial charge in [-0.1, -0.05) is 36.4 Å². The van der Waals surface area contributed by atoms with Crippen molar-refractivity contribution in [1.29, 1.82) is 0 Å². The van der Waals surface area contributed by atoms with Gasteiger partial charge in [-0.2, -0.15) is 5.10 Å². The fraction of sp³-hybridized carbons (Fsp3) is 0.206. The third-order valence-electron chi connectivity index (χ3n) is 7.52. The van der Waals surface area contributed by atoms with Crippen LogP contribution in [0.1, 0.15) is 34.4 Å². The minimum Gasteiger partial charge on any atom is -0.473 e. The molecule has 6 rings (SSSR count). The molecule has 0 aliphatic carbocycles. The predicted octanol–water partition coefficient (Wildman–Crippen LogP) is 5.74. The van der Waals surface area contributed by atoms with Crippen molar-refractivity contribution in [3.63, 3.8) is 0 Å². The first-order chi connectivity index (χ1) is 21.4. The number of fused-ring (bicyclic) bond motifs is 1. The van der Waals surface area contributed by atoms with Crippen molar-refractivity contribution in [1.82, 2.24) is 24.7 Å². The van der Waals surface area contributed by atoms with Gasteiger partial charge >= 0.3 is 0 Å². The average molecular weight is 594 g/mol. The first-order valence-corrected chi connectivity index (χ1v) is 14.2. The van der Waals surface area contributed by atoms with E-state index in [0.717, 1.165) is 44.8 Å². The molecule has 0 saturated carbocycles. The van der Waals surface area contributed by atoms with Crippen molar-refractivity contribution < 1.29 is 24.1 Å². The summed E-state index contributed by atoms with van der Waals surface area (Å²) in [5.74, 6) is 0.906. The smallest absolute Gasteiger partial charge is 0.214 e. The standard InChI is InChI=1S/C34H32FN5O4/c1-21-6-7-25(27(35)16-21)20-44-33-5-3-4-28(38-33)23-9-8-22(26(17-23)29-12-13-36-39-29)19-32-37-30-11-10-24(34(41)42)18-31(30)40(32)14-15-43-2/h3-13,16-18,34,41-42H,14-15,19-20H2,1-2H3,(H,36,39). The van der Waals surface area contributed by atoms with E-state index < -0.39 is 6.29 Å². The number of benzene rings is 3. The minimum atomic E-state index is -1.57. The molecule has 0 amide bonds. The highest BCUT2D eigenvalue weighted by atomic mass is 19.1. The van der Waals surface area contributed by atoms with E-state index in [1.807, 2.05) is 43.3 Å². The number of aliphatic hydroxyl groups is 2. The van der Waals surface area contributed by atoms with E-state index in [1.165, 1.54) is 6.07 Å². The van der Waals surface area contributed by atoms with Gasteiger partial charge in [-0.3, -0.25) is 5.10 Å². The van der Waals surface area contributed by atoms with Gasteiger partial charge in [-0.15, -0.1) is 0 Å². The monoisotopic (exact) mass is 593 g/mol. The quantitative estimate of drug-likeness (QED) is 0.164. The van der Waals surface area contributed by atoms with Crippen LogP contribution in [-0.4, -0.2) is 48.7 Å². The van der Waals surface area contributed by atoms with E-state index in [2.05, 4.69) is 20.8 Å². The number of aryl methyl sites for hydroxylation is 1. The van der Waals surface area contributed by atoms with Crippen molar-refractivity contribution in [2.45, 2.75) is 32.8 Å². The van der Waals surface area contributed by atoms with Crippen LogP contribution in [0.25, 0.3) is 33.5 Å². The summed E-state index contributed by atoms with van der Waals surface area (Å²) in [6.45, 7) is 2.94. The van der Waals surface area contributed by atoms with E-state index in [0.29, 0.717) is 42.3 Å². The number of hydrogen-bond acceptors (Lipinski definition) is 7. The molecule has 0 atom stereocenters. The molecule has 0 aliphatic heterocycles. The Balaban J connectivity index is 1.33. The zero-order chi connectivity index (χ0) is 30.6. The molecule has 9 nitrogen and oxygen atoms in total. The fourth-order valence-corrected chi connectivity index (χ4v) is 5.21. The van der Waals surface area contributed by atoms with Gasteiger partial charge in [0, 0.05) is 54.6 Å². The van der Waals surface area contributed by atoms with E-state index >= 15 is 0 Å². The molecule has 3 N–H and O–H groups in total. The first kappa shape index (κ1) is 29.2. The zero-order valence-electron chi connectivity index (χ0n) is 24.4. The number of aromatic amines is 1. The first-order valence-electron chi connectivity index (χ1n) is 14.2. The third-order valence-corrected chi connectivity index (χ3v) is 7.52. The van der Waals surface area contributed by atoms with E-state index in [1.54, 1.807) is 43.6 Å². The van der Waals surface area contributed by atoms with Gasteiger partial charge in [0.1, 0.15) is 18.2 Å². The maximum atomic E-state index is 14.3. The van der Waals surface area contributed by atoms with Gasteiger partial charge in [0.25, 0.3) is 0 Å². The van der Waals surface area contributed by atoms with Gasteiger partial charge in [-0.25, -0.2) is 14.4 Å². The lowest BCUT2D eigenvalue weighted by Gasteiger charge is -2.14. The summed E-state index contributed by atoms with van der Waals surface area (Å²) < 4.78 is 27.6. The molecule has 3 aromatic heterocycles. The van der Waals surface area contributed by atoms with Crippen LogP contribution in [0.5, 0.6) is 5.88 Å². The second-order valence-electron chi connectivity index (χ2n) is 10.6. The van der Waals surface area contributed by atoms with Crippen LogP contribution in [0.4, 0.5) is 4.39 Å². The highest BCUT2D eigenvalue weighted by molar-refractivity contribution is 5.78. The van der Waals surface area contributed by atoms with Gasteiger partial charge in [-0.05, 0) is 54.4 Å². The number of ether oxygens (including phenoxy) is 2. The fourth-order valence-electron chi connectivity index (χ4n) is 5.21. The number of aliphatic hydroxyl groups excluding tert-OH is 1. The molecule has 3 heterocycles. The number of halogens is 1. The molecular formula is C34H32FN5O4. The third kappa shape index (κ3) is 6.23. The Morgan fingerprint density at radius 3 is 2.59 bits per heavy atom. The topological polar surface area (TPSA) is 118 Å². The summed E-state index contributed by atoms with van der Waals surface area (Å²) in [7, 11) is 1.64. The van der Waals surface area contributed by atoms with Crippen LogP contribution in [-0.2, 0) is 24.3 Å². The molecule has 6 aromatic rings. The van der Waals surface area contributed by atoms with E-state index in [9.17, 15) is 14.6 Å². The molecule has 224 valence electrons. The Bertz CT molecular complexity index is 1900. The number of methoxy groups -OCH3 is 1. The van der Waals surface area contributed by atoms with Gasteiger partial charge in [0.2, 0.25) is 5.88 Å². The van der Waals surface area contributed by atoms with E-state index in [-0.39, 0.29) is 12.4 Å². The molecule has 0 bridgehead atoms. The Morgan fingerprint density at radius 2 is 1.82 bits per heavy atom. The molecule has 0 fully saturated rings. The lowest BCUT2D eigenvalue weighted by molar-refractivity contribution is -0.0424. The van der Waals surface area contributed by atoms with Crippen LogP contribution in [0.3, 0.4) is 0 Å². The molecule has 0 aliphatic rings. The molecular weight excluding hydrogens is 561 g/mol. The Hall–Kier alpha value is -4.90. The van der Waals surface area contributed by atoms with Crippen molar-refractivity contribution in [2.24, 2.45) is 0 Å². The summed E-state index contributed by atoms with van der Waals surface area (Å²) in [6.07, 6.45) is 0.635. The SMILES string of the molecule is COCCn1c(Cc2ccc(-c3cccc(OCc4ccc(C)cc4F)n3)cc2-c2ccn[nH]2)nc2ccc(C(O)O)cc21. The van der Waals surface area contributed by atoms with Crippen LogP contribution in [0, 0.1) is 12.7 Å². The molecule has 0 unspecified atom stereocenters. The highest BCUT2D eigenvalue weighted by Gasteiger charge is 2.17. The number of H-pyrrole nitrogens is 1. The van der Waals surface area contributed by atoms with Crippen molar-refractivity contribution in [3.05, 3.63) is 119 Å². The van der Waals surface area contributed by atoms with Gasteiger partial charge < -0.3 is 24.3 Å². The second-order valence-corrected chi connectivity index (χ2v) is 10.6. The summed E-state index contributed by atoms with van der Waals surface area (Å²) in [5.41, 5.74) is 7.65.